The van der Waals surface area contributed by atoms with Gasteiger partial charge in [0, 0.05) is 31.4 Å². The molecule has 1 atom stereocenters. The first-order valence-electron chi connectivity index (χ1n) is 5.97. The number of nitrogens with one attached hydrogen (secondary N) is 1. The molecule has 1 unspecified atom stereocenters. The second-order valence-corrected chi connectivity index (χ2v) is 4.61. The maximum atomic E-state index is 4.76. The molecule has 1 aliphatic rings. The van der Waals surface area contributed by atoms with E-state index >= 15 is 0 Å². The van der Waals surface area contributed by atoms with Gasteiger partial charge >= 0.3 is 0 Å². The Kier molecular flexibility index (Phi) is 2.40. The van der Waals surface area contributed by atoms with Gasteiger partial charge in [-0.25, -0.2) is 0 Å². The molecule has 3 rings (SSSR count). The number of aromatic nitrogens is 2. The van der Waals surface area contributed by atoms with Crippen LogP contribution in [0.25, 0.3) is 11.0 Å². The second-order valence-electron chi connectivity index (χ2n) is 4.61. The summed E-state index contributed by atoms with van der Waals surface area (Å²) >= 11 is 0. The van der Waals surface area contributed by atoms with E-state index in [0.29, 0.717) is 5.92 Å². The van der Waals surface area contributed by atoms with Gasteiger partial charge < -0.3 is 9.88 Å². The van der Waals surface area contributed by atoms with Crippen LogP contribution in [0.15, 0.2) is 24.4 Å². The van der Waals surface area contributed by atoms with Crippen LogP contribution in [-0.2, 0) is 7.05 Å². The summed E-state index contributed by atoms with van der Waals surface area (Å²) in [6.07, 6.45) is 4.60. The first kappa shape index (κ1) is 9.85. The van der Waals surface area contributed by atoms with Crippen LogP contribution in [0.3, 0.4) is 0 Å². The van der Waals surface area contributed by atoms with Gasteiger partial charge in [0.1, 0.15) is 0 Å². The maximum absolute atomic E-state index is 4.76. The average Bonchev–Trinajstić information content (AvgIpc) is 2.72. The summed E-state index contributed by atoms with van der Waals surface area (Å²) in [6, 6.07) is 6.46. The lowest BCUT2D eigenvalue weighted by atomic mass is 9.95. The Labute approximate surface area is 95.5 Å². The summed E-state index contributed by atoms with van der Waals surface area (Å²) < 4.78 is 2.12. The first-order valence-corrected chi connectivity index (χ1v) is 5.97. The van der Waals surface area contributed by atoms with Crippen molar-refractivity contribution in [3.05, 3.63) is 30.1 Å². The van der Waals surface area contributed by atoms with Crippen LogP contribution in [-0.4, -0.2) is 22.6 Å². The molecule has 0 radical (unpaired) electrons. The molecule has 0 bridgehead atoms. The lowest BCUT2D eigenvalue weighted by molar-refractivity contribution is 0.455. The van der Waals surface area contributed by atoms with Gasteiger partial charge in [-0.15, -0.1) is 0 Å². The lowest BCUT2D eigenvalue weighted by Crippen LogP contribution is -2.28. The summed E-state index contributed by atoms with van der Waals surface area (Å²) in [6.45, 7) is 2.23. The maximum Gasteiger partial charge on any atom is 0.0884 e. The highest BCUT2D eigenvalue weighted by molar-refractivity contribution is 5.75. The Morgan fingerprint density at radius 2 is 2.31 bits per heavy atom. The SMILES string of the molecule is Cn1ccc2nc(C3CCCNC3)ccc21. The Morgan fingerprint density at radius 3 is 3.12 bits per heavy atom. The van der Waals surface area contributed by atoms with Crippen molar-refractivity contribution in [1.82, 2.24) is 14.9 Å². The molecule has 3 heterocycles. The quantitative estimate of drug-likeness (QED) is 0.789. The third kappa shape index (κ3) is 1.61. The third-order valence-electron chi connectivity index (χ3n) is 3.48. The molecule has 16 heavy (non-hydrogen) atoms. The highest BCUT2D eigenvalue weighted by Gasteiger charge is 2.16. The van der Waals surface area contributed by atoms with Gasteiger partial charge in [0.15, 0.2) is 0 Å². The largest absolute Gasteiger partial charge is 0.349 e. The molecule has 2 aromatic heterocycles. The highest BCUT2D eigenvalue weighted by atomic mass is 14.9. The van der Waals surface area contributed by atoms with Gasteiger partial charge in [-0.3, -0.25) is 4.98 Å². The molecule has 0 amide bonds. The minimum absolute atomic E-state index is 0.596. The molecule has 1 N–H and O–H groups in total. The van der Waals surface area contributed by atoms with Crippen molar-refractivity contribution in [2.75, 3.05) is 13.1 Å². The zero-order chi connectivity index (χ0) is 11.0. The van der Waals surface area contributed by atoms with Crippen molar-refractivity contribution in [3.63, 3.8) is 0 Å². The van der Waals surface area contributed by atoms with E-state index in [2.05, 4.69) is 41.3 Å². The average molecular weight is 215 g/mol. The fraction of sp³-hybridized carbons (Fsp3) is 0.462. The number of hydrogen-bond acceptors (Lipinski definition) is 2. The van der Waals surface area contributed by atoms with E-state index in [-0.39, 0.29) is 0 Å². The van der Waals surface area contributed by atoms with Gasteiger partial charge in [-0.05, 0) is 37.6 Å². The monoisotopic (exact) mass is 215 g/mol. The van der Waals surface area contributed by atoms with Crippen LogP contribution in [0.2, 0.25) is 0 Å². The lowest BCUT2D eigenvalue weighted by Gasteiger charge is -2.22. The minimum Gasteiger partial charge on any atom is -0.349 e. The van der Waals surface area contributed by atoms with Crippen LogP contribution in [0.1, 0.15) is 24.5 Å². The molecule has 2 aromatic rings. The van der Waals surface area contributed by atoms with E-state index < -0.39 is 0 Å². The molecule has 1 fully saturated rings. The normalized spacial score (nSPS) is 21.4. The van der Waals surface area contributed by atoms with Crippen LogP contribution < -0.4 is 5.32 Å². The van der Waals surface area contributed by atoms with Crippen molar-refractivity contribution in [2.45, 2.75) is 18.8 Å². The van der Waals surface area contributed by atoms with Gasteiger partial charge in [0.2, 0.25) is 0 Å². The fourth-order valence-electron chi connectivity index (χ4n) is 2.50. The summed E-state index contributed by atoms with van der Waals surface area (Å²) in [5.41, 5.74) is 3.57. The molecule has 84 valence electrons. The molecule has 3 nitrogen and oxygen atoms in total. The first-order chi connectivity index (χ1) is 7.84. The van der Waals surface area contributed by atoms with Gasteiger partial charge in [-0.2, -0.15) is 0 Å². The number of aryl methyl sites for hydroxylation is 1. The Morgan fingerprint density at radius 1 is 1.38 bits per heavy atom. The number of fused-ring (bicyclic) bond motifs is 1. The smallest absolute Gasteiger partial charge is 0.0884 e. The predicted molar refractivity (Wildman–Crippen MR) is 65.6 cm³/mol. The standard InChI is InChI=1S/C13H17N3/c1-16-8-6-12-13(16)5-4-11(15-12)10-3-2-7-14-9-10/h4-6,8,10,14H,2-3,7,9H2,1H3. The van der Waals surface area contributed by atoms with Crippen molar-refractivity contribution in [2.24, 2.45) is 7.05 Å². The summed E-state index contributed by atoms with van der Waals surface area (Å²) in [5, 5.41) is 3.44. The summed E-state index contributed by atoms with van der Waals surface area (Å²) in [5.74, 6) is 0.596. The molecule has 0 saturated carbocycles. The number of hydrogen-bond donors (Lipinski definition) is 1. The van der Waals surface area contributed by atoms with E-state index in [1.54, 1.807) is 0 Å². The van der Waals surface area contributed by atoms with Crippen molar-refractivity contribution < 1.29 is 0 Å². The van der Waals surface area contributed by atoms with E-state index in [4.69, 9.17) is 4.98 Å². The number of pyridine rings is 1. The molecular formula is C13H17N3. The van der Waals surface area contributed by atoms with E-state index in [1.165, 1.54) is 24.1 Å². The van der Waals surface area contributed by atoms with Crippen molar-refractivity contribution in [3.8, 4) is 0 Å². The zero-order valence-corrected chi connectivity index (χ0v) is 9.61. The van der Waals surface area contributed by atoms with Gasteiger partial charge in [-0.1, -0.05) is 0 Å². The van der Waals surface area contributed by atoms with Crippen LogP contribution in [0.4, 0.5) is 0 Å². The van der Waals surface area contributed by atoms with E-state index in [0.717, 1.165) is 18.6 Å². The Bertz CT molecular complexity index is 495. The molecule has 0 aromatic carbocycles. The van der Waals surface area contributed by atoms with Crippen LogP contribution >= 0.6 is 0 Å². The second kappa shape index (κ2) is 3.91. The zero-order valence-electron chi connectivity index (χ0n) is 9.61. The van der Waals surface area contributed by atoms with Crippen LogP contribution in [0, 0.1) is 0 Å². The van der Waals surface area contributed by atoms with Gasteiger partial charge in [0.25, 0.3) is 0 Å². The Hall–Kier alpha value is -1.35. The predicted octanol–water partition coefficient (Wildman–Crippen LogP) is 2.04. The Balaban J connectivity index is 1.97. The number of piperidine rings is 1. The van der Waals surface area contributed by atoms with Crippen LogP contribution in [0.5, 0.6) is 0 Å². The highest BCUT2D eigenvalue weighted by Crippen LogP contribution is 2.23. The minimum atomic E-state index is 0.596. The number of rotatable bonds is 1. The molecular weight excluding hydrogens is 198 g/mol. The topological polar surface area (TPSA) is 29.9 Å². The van der Waals surface area contributed by atoms with Crippen molar-refractivity contribution >= 4 is 11.0 Å². The molecule has 0 aliphatic carbocycles. The van der Waals surface area contributed by atoms with Crippen molar-refractivity contribution in [1.29, 1.82) is 0 Å². The molecule has 0 spiro atoms. The fourth-order valence-corrected chi connectivity index (χ4v) is 2.50. The summed E-state index contributed by atoms with van der Waals surface area (Å²) in [7, 11) is 2.06. The van der Waals surface area contributed by atoms with Gasteiger partial charge in [0.05, 0.1) is 11.0 Å². The van der Waals surface area contributed by atoms with E-state index in [9.17, 15) is 0 Å². The summed E-state index contributed by atoms with van der Waals surface area (Å²) in [4.78, 5) is 4.76. The third-order valence-corrected chi connectivity index (χ3v) is 3.48. The number of nitrogens with zero attached hydrogens (tertiary/aromatic N) is 2. The molecule has 1 saturated heterocycles. The molecule has 1 aliphatic heterocycles. The molecule has 3 heteroatoms. The van der Waals surface area contributed by atoms with E-state index in [1.807, 2.05) is 0 Å².